The molecule has 2 heteroatoms. The third-order valence-electron chi connectivity index (χ3n) is 4.15. The van der Waals surface area contributed by atoms with Crippen molar-refractivity contribution < 1.29 is 4.79 Å². The van der Waals surface area contributed by atoms with Crippen molar-refractivity contribution in [2.24, 2.45) is 0 Å². The minimum Gasteiger partial charge on any atom is -0.335 e. The Morgan fingerprint density at radius 1 is 1.15 bits per heavy atom. The topological polar surface area (TPSA) is 20.3 Å². The summed E-state index contributed by atoms with van der Waals surface area (Å²) in [5.74, 6) is 0.107. The van der Waals surface area contributed by atoms with Crippen LogP contribution in [0.1, 0.15) is 39.5 Å². The molecule has 1 atom stereocenters. The van der Waals surface area contributed by atoms with Crippen molar-refractivity contribution in [3.05, 3.63) is 70.8 Å². The molecule has 0 saturated carbocycles. The molecule has 0 N–H and O–H groups in total. The van der Waals surface area contributed by atoms with Gasteiger partial charge in [0.05, 0.1) is 6.04 Å². The van der Waals surface area contributed by atoms with Crippen molar-refractivity contribution in [1.82, 2.24) is 4.90 Å². The lowest BCUT2D eigenvalue weighted by Gasteiger charge is -2.25. The van der Waals surface area contributed by atoms with Gasteiger partial charge in [-0.3, -0.25) is 4.79 Å². The smallest absolute Gasteiger partial charge is 0.254 e. The average molecular weight is 265 g/mol. The molecule has 2 nitrogen and oxygen atoms in total. The van der Waals surface area contributed by atoms with Crippen LogP contribution in [0.15, 0.2) is 48.5 Å². The summed E-state index contributed by atoms with van der Waals surface area (Å²) in [6.07, 6.45) is 2.08. The maximum Gasteiger partial charge on any atom is 0.254 e. The molecular weight excluding hydrogens is 246 g/mol. The lowest BCUT2D eigenvalue weighted by Crippen LogP contribution is -2.30. The summed E-state index contributed by atoms with van der Waals surface area (Å²) < 4.78 is 0. The molecule has 0 aromatic heterocycles. The Labute approximate surface area is 120 Å². The first-order chi connectivity index (χ1) is 9.66. The predicted molar refractivity (Wildman–Crippen MR) is 80.8 cm³/mol. The monoisotopic (exact) mass is 265 g/mol. The standard InChI is InChI=1S/C18H19NO/c1-13-6-5-8-15(12-13)18(20)19(2)17-11-10-14-7-3-4-9-16(14)17/h3-9,12,17H,10-11H2,1-2H3/t17-/m0/s1. The zero-order valence-corrected chi connectivity index (χ0v) is 12.0. The summed E-state index contributed by atoms with van der Waals surface area (Å²) in [6, 6.07) is 16.5. The molecule has 0 bridgehead atoms. The van der Waals surface area contributed by atoms with Crippen LogP contribution in [-0.2, 0) is 6.42 Å². The number of carbonyl (C=O) groups excluding carboxylic acids is 1. The van der Waals surface area contributed by atoms with Crippen LogP contribution < -0.4 is 0 Å². The highest BCUT2D eigenvalue weighted by atomic mass is 16.2. The quantitative estimate of drug-likeness (QED) is 0.809. The molecule has 0 saturated heterocycles. The maximum atomic E-state index is 12.6. The van der Waals surface area contributed by atoms with Crippen molar-refractivity contribution in [1.29, 1.82) is 0 Å². The van der Waals surface area contributed by atoms with Crippen molar-refractivity contribution in [2.75, 3.05) is 7.05 Å². The first-order valence-electron chi connectivity index (χ1n) is 7.08. The summed E-state index contributed by atoms with van der Waals surface area (Å²) in [4.78, 5) is 14.5. The molecule has 0 fully saturated rings. The molecular formula is C18H19NO. The number of hydrogen-bond acceptors (Lipinski definition) is 1. The van der Waals surface area contributed by atoms with Crippen molar-refractivity contribution in [3.63, 3.8) is 0 Å². The molecule has 20 heavy (non-hydrogen) atoms. The van der Waals surface area contributed by atoms with Crippen molar-refractivity contribution in [2.45, 2.75) is 25.8 Å². The van der Waals surface area contributed by atoms with Gasteiger partial charge in [0.25, 0.3) is 5.91 Å². The summed E-state index contributed by atoms with van der Waals surface area (Å²) in [5.41, 5.74) is 4.57. The van der Waals surface area contributed by atoms with Crippen LogP contribution in [-0.4, -0.2) is 17.9 Å². The van der Waals surface area contributed by atoms with E-state index in [1.165, 1.54) is 11.1 Å². The van der Waals surface area contributed by atoms with Crippen LogP contribution in [0.5, 0.6) is 0 Å². The van der Waals surface area contributed by atoms with Gasteiger partial charge in [-0.1, -0.05) is 42.0 Å². The van der Waals surface area contributed by atoms with Crippen LogP contribution in [0.4, 0.5) is 0 Å². The van der Waals surface area contributed by atoms with Gasteiger partial charge in [-0.2, -0.15) is 0 Å². The minimum absolute atomic E-state index is 0.107. The normalized spacial score (nSPS) is 16.8. The minimum atomic E-state index is 0.107. The first kappa shape index (κ1) is 12.9. The van der Waals surface area contributed by atoms with Crippen LogP contribution in [0, 0.1) is 6.92 Å². The Morgan fingerprint density at radius 2 is 1.95 bits per heavy atom. The highest BCUT2D eigenvalue weighted by Crippen LogP contribution is 2.35. The molecule has 1 aliphatic rings. The fourth-order valence-corrected chi connectivity index (χ4v) is 3.06. The molecule has 2 aromatic rings. The van der Waals surface area contributed by atoms with Gasteiger partial charge >= 0.3 is 0 Å². The van der Waals surface area contributed by atoms with E-state index >= 15 is 0 Å². The summed E-state index contributed by atoms with van der Waals surface area (Å²) >= 11 is 0. The number of nitrogens with zero attached hydrogens (tertiary/aromatic N) is 1. The molecule has 0 radical (unpaired) electrons. The predicted octanol–water partition coefficient (Wildman–Crippen LogP) is 3.75. The van der Waals surface area contributed by atoms with Crippen molar-refractivity contribution in [3.8, 4) is 0 Å². The molecule has 0 heterocycles. The van der Waals surface area contributed by atoms with Gasteiger partial charge in [-0.05, 0) is 43.0 Å². The average Bonchev–Trinajstić information content (AvgIpc) is 2.89. The van der Waals surface area contributed by atoms with Gasteiger partial charge in [-0.15, -0.1) is 0 Å². The zero-order valence-electron chi connectivity index (χ0n) is 12.0. The zero-order chi connectivity index (χ0) is 14.1. The van der Waals surface area contributed by atoms with E-state index in [1.807, 2.05) is 43.1 Å². The number of carbonyl (C=O) groups is 1. The van der Waals surface area contributed by atoms with E-state index in [1.54, 1.807) is 0 Å². The van der Waals surface area contributed by atoms with E-state index in [0.717, 1.165) is 24.0 Å². The van der Waals surface area contributed by atoms with Gasteiger partial charge in [0.2, 0.25) is 0 Å². The molecule has 1 aliphatic carbocycles. The second kappa shape index (κ2) is 5.12. The van der Waals surface area contributed by atoms with E-state index in [2.05, 4.69) is 24.3 Å². The van der Waals surface area contributed by atoms with Crippen LogP contribution in [0.25, 0.3) is 0 Å². The van der Waals surface area contributed by atoms with E-state index in [0.29, 0.717) is 0 Å². The number of aryl methyl sites for hydroxylation is 2. The highest BCUT2D eigenvalue weighted by molar-refractivity contribution is 5.94. The lowest BCUT2D eigenvalue weighted by atomic mass is 10.1. The fraction of sp³-hybridized carbons (Fsp3) is 0.278. The Morgan fingerprint density at radius 3 is 2.75 bits per heavy atom. The second-order valence-corrected chi connectivity index (χ2v) is 5.54. The Bertz CT molecular complexity index is 647. The highest BCUT2D eigenvalue weighted by Gasteiger charge is 2.28. The van der Waals surface area contributed by atoms with Crippen LogP contribution in [0.3, 0.4) is 0 Å². The Hall–Kier alpha value is -2.09. The van der Waals surface area contributed by atoms with E-state index in [-0.39, 0.29) is 11.9 Å². The Kier molecular flexibility index (Phi) is 3.31. The van der Waals surface area contributed by atoms with Crippen molar-refractivity contribution >= 4 is 5.91 Å². The Balaban J connectivity index is 1.87. The molecule has 0 aliphatic heterocycles. The van der Waals surface area contributed by atoms with Gasteiger partial charge in [-0.25, -0.2) is 0 Å². The molecule has 0 spiro atoms. The van der Waals surface area contributed by atoms with Crippen LogP contribution in [0.2, 0.25) is 0 Å². The number of rotatable bonds is 2. The van der Waals surface area contributed by atoms with Crippen LogP contribution >= 0.6 is 0 Å². The maximum absolute atomic E-state index is 12.6. The fourth-order valence-electron chi connectivity index (χ4n) is 3.06. The first-order valence-corrected chi connectivity index (χ1v) is 7.08. The molecule has 1 amide bonds. The lowest BCUT2D eigenvalue weighted by molar-refractivity contribution is 0.0730. The van der Waals surface area contributed by atoms with Gasteiger partial charge < -0.3 is 4.90 Å². The summed E-state index contributed by atoms with van der Waals surface area (Å²) in [7, 11) is 1.91. The molecule has 3 rings (SSSR count). The molecule has 102 valence electrons. The van der Waals surface area contributed by atoms with E-state index in [4.69, 9.17) is 0 Å². The van der Waals surface area contributed by atoms with Gasteiger partial charge in [0.1, 0.15) is 0 Å². The third kappa shape index (κ3) is 2.22. The number of hydrogen-bond donors (Lipinski definition) is 0. The number of benzene rings is 2. The summed E-state index contributed by atoms with van der Waals surface area (Å²) in [5, 5.41) is 0. The second-order valence-electron chi connectivity index (χ2n) is 5.54. The van der Waals surface area contributed by atoms with Gasteiger partial charge in [0.15, 0.2) is 0 Å². The number of fused-ring (bicyclic) bond motifs is 1. The molecule has 0 unspecified atom stereocenters. The number of amides is 1. The third-order valence-corrected chi connectivity index (χ3v) is 4.15. The van der Waals surface area contributed by atoms with Gasteiger partial charge in [0, 0.05) is 12.6 Å². The molecule has 2 aromatic carbocycles. The summed E-state index contributed by atoms with van der Waals surface area (Å²) in [6.45, 7) is 2.02. The van der Waals surface area contributed by atoms with E-state index < -0.39 is 0 Å². The van der Waals surface area contributed by atoms with E-state index in [9.17, 15) is 4.79 Å². The largest absolute Gasteiger partial charge is 0.335 e. The SMILES string of the molecule is Cc1cccc(C(=O)N(C)[C@H]2CCc3ccccc32)c1.